The molecule has 1 rings (SSSR count). The molecular formula is C10H15NO4S. The second-order valence-electron chi connectivity index (χ2n) is 4.21. The molecule has 6 heteroatoms. The van der Waals surface area contributed by atoms with Gasteiger partial charge >= 0.3 is 5.97 Å². The molecule has 0 aromatic carbocycles. The Labute approximate surface area is 95.3 Å². The minimum Gasteiger partial charge on any atom is -0.468 e. The third-order valence-electron chi connectivity index (χ3n) is 3.18. The van der Waals surface area contributed by atoms with Crippen LogP contribution in [0.15, 0.2) is 0 Å². The van der Waals surface area contributed by atoms with Gasteiger partial charge < -0.3 is 4.74 Å². The van der Waals surface area contributed by atoms with Crippen LogP contribution >= 0.6 is 0 Å². The smallest absolute Gasteiger partial charge is 0.326 e. The van der Waals surface area contributed by atoms with Crippen LogP contribution in [0.4, 0.5) is 0 Å². The van der Waals surface area contributed by atoms with E-state index in [0.717, 1.165) is 0 Å². The summed E-state index contributed by atoms with van der Waals surface area (Å²) in [5, 5.41) is 8.60. The number of nitriles is 1. The van der Waals surface area contributed by atoms with Crippen LogP contribution in [0.1, 0.15) is 25.7 Å². The summed E-state index contributed by atoms with van der Waals surface area (Å²) in [4.78, 5) is 11.5. The van der Waals surface area contributed by atoms with Crippen molar-refractivity contribution in [3.8, 4) is 6.07 Å². The van der Waals surface area contributed by atoms with Gasteiger partial charge in [0.05, 0.1) is 18.4 Å². The maximum atomic E-state index is 11.5. The zero-order valence-corrected chi connectivity index (χ0v) is 10.2. The molecule has 0 aromatic heterocycles. The van der Waals surface area contributed by atoms with Gasteiger partial charge in [-0.3, -0.25) is 4.79 Å². The monoisotopic (exact) mass is 245 g/mol. The summed E-state index contributed by atoms with van der Waals surface area (Å²) in [7, 11) is -1.84. The Bertz CT molecular complexity index is 413. The average molecular weight is 245 g/mol. The molecule has 0 bridgehead atoms. The van der Waals surface area contributed by atoms with Crippen molar-refractivity contribution < 1.29 is 17.9 Å². The van der Waals surface area contributed by atoms with Crippen molar-refractivity contribution in [2.75, 3.05) is 13.4 Å². The summed E-state index contributed by atoms with van der Waals surface area (Å²) in [6, 6.07) is 1.97. The van der Waals surface area contributed by atoms with E-state index >= 15 is 0 Å². The molecule has 0 amide bonds. The largest absolute Gasteiger partial charge is 0.468 e. The highest BCUT2D eigenvalue weighted by molar-refractivity contribution is 7.91. The highest BCUT2D eigenvalue weighted by atomic mass is 32.2. The highest BCUT2D eigenvalue weighted by Crippen LogP contribution is 2.38. The fraction of sp³-hybridized carbons (Fsp3) is 0.800. The predicted molar refractivity (Wildman–Crippen MR) is 57.2 cm³/mol. The third-order valence-corrected chi connectivity index (χ3v) is 4.86. The molecule has 0 N–H and O–H groups in total. The van der Waals surface area contributed by atoms with E-state index in [0.29, 0.717) is 12.8 Å². The van der Waals surface area contributed by atoms with E-state index < -0.39 is 26.5 Å². The SMILES string of the molecule is COC(=O)[C@]1(C#N)CC[C@H](S(C)(=O)=O)CC1. The molecule has 0 aliphatic heterocycles. The van der Waals surface area contributed by atoms with Gasteiger partial charge in [-0.25, -0.2) is 8.42 Å². The van der Waals surface area contributed by atoms with Crippen LogP contribution in [0.2, 0.25) is 0 Å². The van der Waals surface area contributed by atoms with Crippen molar-refractivity contribution >= 4 is 15.8 Å². The van der Waals surface area contributed by atoms with Crippen LogP contribution in [0, 0.1) is 16.7 Å². The van der Waals surface area contributed by atoms with Gasteiger partial charge in [-0.15, -0.1) is 0 Å². The Balaban J connectivity index is 2.81. The molecule has 0 radical (unpaired) electrons. The van der Waals surface area contributed by atoms with Gasteiger partial charge in [0.15, 0.2) is 5.41 Å². The van der Waals surface area contributed by atoms with Crippen LogP contribution in [-0.4, -0.2) is 33.0 Å². The highest BCUT2D eigenvalue weighted by Gasteiger charge is 2.45. The van der Waals surface area contributed by atoms with Crippen molar-refractivity contribution in [3.63, 3.8) is 0 Å². The molecular weight excluding hydrogens is 230 g/mol. The standard InChI is InChI=1S/C10H15NO4S/c1-15-9(12)10(7-11)5-3-8(4-6-10)16(2,13)14/h8H,3-6H2,1-2H3/t8-,10+. The zero-order chi connectivity index (χ0) is 12.4. The Morgan fingerprint density at radius 2 is 1.94 bits per heavy atom. The van der Waals surface area contributed by atoms with Gasteiger partial charge in [-0.2, -0.15) is 5.26 Å². The summed E-state index contributed by atoms with van der Waals surface area (Å²) < 4.78 is 27.2. The van der Waals surface area contributed by atoms with Crippen LogP contribution in [0.25, 0.3) is 0 Å². The van der Waals surface area contributed by atoms with E-state index in [9.17, 15) is 13.2 Å². The molecule has 0 saturated heterocycles. The molecule has 0 spiro atoms. The topological polar surface area (TPSA) is 84.2 Å². The van der Waals surface area contributed by atoms with Crippen molar-refractivity contribution in [2.24, 2.45) is 5.41 Å². The fourth-order valence-electron chi connectivity index (χ4n) is 2.07. The number of esters is 1. The van der Waals surface area contributed by atoms with Crippen molar-refractivity contribution in [1.82, 2.24) is 0 Å². The lowest BCUT2D eigenvalue weighted by Gasteiger charge is -2.31. The first-order valence-corrected chi connectivity index (χ1v) is 7.00. The molecule has 1 fully saturated rings. The Hall–Kier alpha value is -1.09. The minimum absolute atomic E-state index is 0.258. The Kier molecular flexibility index (Phi) is 3.58. The van der Waals surface area contributed by atoms with Crippen LogP contribution in [0.5, 0.6) is 0 Å². The maximum Gasteiger partial charge on any atom is 0.326 e. The summed E-state index contributed by atoms with van der Waals surface area (Å²) in [6.07, 6.45) is 2.40. The van der Waals surface area contributed by atoms with Gasteiger partial charge in [0.2, 0.25) is 0 Å². The molecule has 0 heterocycles. The van der Waals surface area contributed by atoms with Gasteiger partial charge in [-0.1, -0.05) is 0 Å². The van der Waals surface area contributed by atoms with Crippen LogP contribution in [0.3, 0.4) is 0 Å². The molecule has 1 saturated carbocycles. The van der Waals surface area contributed by atoms with E-state index in [2.05, 4.69) is 4.74 Å². The number of hydrogen-bond donors (Lipinski definition) is 0. The quantitative estimate of drug-likeness (QED) is 0.667. The lowest BCUT2D eigenvalue weighted by molar-refractivity contribution is -0.150. The third kappa shape index (κ3) is 2.35. The predicted octanol–water partition coefficient (Wildman–Crippen LogP) is 0.657. The molecule has 5 nitrogen and oxygen atoms in total. The van der Waals surface area contributed by atoms with E-state index in [1.807, 2.05) is 6.07 Å². The number of carbonyl (C=O) groups excluding carboxylic acids is 1. The first-order chi connectivity index (χ1) is 7.35. The molecule has 1 aliphatic carbocycles. The van der Waals surface area contributed by atoms with E-state index in [1.165, 1.54) is 13.4 Å². The number of methoxy groups -OCH3 is 1. The van der Waals surface area contributed by atoms with Crippen molar-refractivity contribution in [1.29, 1.82) is 5.26 Å². The number of nitrogens with zero attached hydrogens (tertiary/aromatic N) is 1. The summed E-state index contributed by atoms with van der Waals surface area (Å²) >= 11 is 0. The van der Waals surface area contributed by atoms with E-state index in [-0.39, 0.29) is 12.8 Å². The Morgan fingerprint density at radius 1 is 1.44 bits per heavy atom. The fourth-order valence-corrected chi connectivity index (χ4v) is 3.16. The van der Waals surface area contributed by atoms with Gasteiger partial charge in [0.1, 0.15) is 9.84 Å². The minimum atomic E-state index is -3.08. The first kappa shape index (κ1) is 13.0. The van der Waals surface area contributed by atoms with Crippen LogP contribution in [-0.2, 0) is 19.4 Å². The van der Waals surface area contributed by atoms with Crippen molar-refractivity contribution in [3.05, 3.63) is 0 Å². The normalized spacial score (nSPS) is 30.4. The number of sulfone groups is 1. The van der Waals surface area contributed by atoms with Gasteiger partial charge in [0, 0.05) is 6.26 Å². The average Bonchev–Trinajstić information content (AvgIpc) is 2.26. The van der Waals surface area contributed by atoms with Gasteiger partial charge in [0.25, 0.3) is 0 Å². The molecule has 90 valence electrons. The second kappa shape index (κ2) is 4.42. The van der Waals surface area contributed by atoms with Crippen molar-refractivity contribution in [2.45, 2.75) is 30.9 Å². The lowest BCUT2D eigenvalue weighted by Crippen LogP contribution is -2.38. The maximum absolute atomic E-state index is 11.5. The second-order valence-corrected chi connectivity index (χ2v) is 6.54. The molecule has 0 atom stereocenters. The summed E-state index contributed by atoms with van der Waals surface area (Å²) in [5.41, 5.74) is -1.14. The van der Waals surface area contributed by atoms with Gasteiger partial charge in [-0.05, 0) is 25.7 Å². The number of hydrogen-bond acceptors (Lipinski definition) is 5. The Morgan fingerprint density at radius 3 is 2.25 bits per heavy atom. The number of rotatable bonds is 2. The molecule has 0 aromatic rings. The lowest BCUT2D eigenvalue weighted by atomic mass is 9.75. The zero-order valence-electron chi connectivity index (χ0n) is 9.39. The summed E-state index contributed by atoms with van der Waals surface area (Å²) in [6.45, 7) is 0. The van der Waals surface area contributed by atoms with E-state index in [1.54, 1.807) is 0 Å². The molecule has 0 unspecified atom stereocenters. The molecule has 1 aliphatic rings. The summed E-state index contributed by atoms with van der Waals surface area (Å²) in [5.74, 6) is -0.554. The first-order valence-electron chi connectivity index (χ1n) is 5.04. The van der Waals surface area contributed by atoms with E-state index in [4.69, 9.17) is 5.26 Å². The number of ether oxygens (including phenoxy) is 1. The molecule has 16 heavy (non-hydrogen) atoms. The number of carbonyl (C=O) groups is 1. The van der Waals surface area contributed by atoms with Crippen LogP contribution < -0.4 is 0 Å².